The zero-order chi connectivity index (χ0) is 17.0. The molecule has 2 aliphatic rings. The molecule has 0 amide bonds. The molecule has 2 aliphatic carbocycles. The van der Waals surface area contributed by atoms with Gasteiger partial charge in [0.1, 0.15) is 0 Å². The van der Waals surface area contributed by atoms with Gasteiger partial charge < -0.3 is 21.7 Å². The van der Waals surface area contributed by atoms with E-state index in [1.807, 2.05) is 27.7 Å². The molecule has 4 heteroatoms. The van der Waals surface area contributed by atoms with Crippen LogP contribution in [0.2, 0.25) is 0 Å². The average molecular weight is 315 g/mol. The normalized spacial score (nSPS) is 33.8. The Bertz CT molecular complexity index is 272. The van der Waals surface area contributed by atoms with Crippen molar-refractivity contribution in [3.63, 3.8) is 0 Å². The molecule has 22 heavy (non-hydrogen) atoms. The summed E-state index contributed by atoms with van der Waals surface area (Å²) in [6, 6.07) is 0.766. The van der Waals surface area contributed by atoms with Crippen LogP contribution in [0.4, 0.5) is 0 Å². The summed E-state index contributed by atoms with van der Waals surface area (Å²) in [6.07, 6.45) is 8.66. The first-order chi connectivity index (χ1) is 10.00. The molecule has 0 radical (unpaired) electrons. The first-order valence-electron chi connectivity index (χ1n) is 8.96. The van der Waals surface area contributed by atoms with E-state index in [0.717, 1.165) is 51.4 Å². The third-order valence-corrected chi connectivity index (χ3v) is 5.54. The quantitative estimate of drug-likeness (QED) is 0.630. The molecule has 0 bridgehead atoms. The van der Waals surface area contributed by atoms with Crippen molar-refractivity contribution in [3.05, 3.63) is 0 Å². The largest absolute Gasteiger partial charge is 0.390 e. The molecule has 0 saturated heterocycles. The van der Waals surface area contributed by atoms with Crippen molar-refractivity contribution in [1.29, 1.82) is 0 Å². The standard InChI is InChI=1S/2C9H19NO/c2*1-9(2,11)7-3-5-8(10)6-4-7/h2*7-8,11H,3-6,10H2,1-2H3. The number of aliphatic hydroxyl groups is 2. The number of hydrogen-bond donors (Lipinski definition) is 4. The molecular weight excluding hydrogens is 276 g/mol. The molecule has 0 aromatic carbocycles. The van der Waals surface area contributed by atoms with Gasteiger partial charge >= 0.3 is 0 Å². The second-order valence-electron chi connectivity index (χ2n) is 8.53. The maximum absolute atomic E-state index is 9.69. The summed E-state index contributed by atoms with van der Waals surface area (Å²) < 4.78 is 0. The lowest BCUT2D eigenvalue weighted by Gasteiger charge is -2.34. The maximum Gasteiger partial charge on any atom is 0.0619 e. The van der Waals surface area contributed by atoms with Crippen LogP contribution in [0.15, 0.2) is 0 Å². The summed E-state index contributed by atoms with van der Waals surface area (Å²) in [6.45, 7) is 7.59. The Morgan fingerprint density at radius 1 is 0.591 bits per heavy atom. The Labute approximate surface area is 136 Å². The Hall–Kier alpha value is -0.160. The molecule has 132 valence electrons. The van der Waals surface area contributed by atoms with Gasteiger partial charge in [0.2, 0.25) is 0 Å². The van der Waals surface area contributed by atoms with Crippen LogP contribution in [-0.4, -0.2) is 33.5 Å². The van der Waals surface area contributed by atoms with Crippen LogP contribution in [0.5, 0.6) is 0 Å². The highest BCUT2D eigenvalue weighted by molar-refractivity contribution is 4.84. The van der Waals surface area contributed by atoms with Gasteiger partial charge in [-0.15, -0.1) is 0 Å². The molecule has 2 rings (SSSR count). The monoisotopic (exact) mass is 314 g/mol. The second-order valence-corrected chi connectivity index (χ2v) is 8.53. The van der Waals surface area contributed by atoms with Gasteiger partial charge in [0.05, 0.1) is 11.2 Å². The lowest BCUT2D eigenvalue weighted by atomic mass is 9.77. The van der Waals surface area contributed by atoms with Crippen LogP contribution in [0.1, 0.15) is 79.1 Å². The number of hydrogen-bond acceptors (Lipinski definition) is 4. The SMILES string of the molecule is CC(C)(O)C1CCC(N)CC1.CC(C)(O)C1CCC(N)CC1. The van der Waals surface area contributed by atoms with Gasteiger partial charge in [-0.1, -0.05) is 0 Å². The van der Waals surface area contributed by atoms with Gasteiger partial charge in [0.15, 0.2) is 0 Å². The van der Waals surface area contributed by atoms with Gasteiger partial charge in [-0.2, -0.15) is 0 Å². The summed E-state index contributed by atoms with van der Waals surface area (Å²) in [5.74, 6) is 0.921. The molecule has 0 aromatic rings. The van der Waals surface area contributed by atoms with Gasteiger partial charge in [-0.05, 0) is 90.9 Å². The van der Waals surface area contributed by atoms with Crippen LogP contribution in [0.25, 0.3) is 0 Å². The molecule has 0 atom stereocenters. The summed E-state index contributed by atoms with van der Waals surface area (Å²) in [5.41, 5.74) is 10.5. The van der Waals surface area contributed by atoms with E-state index in [-0.39, 0.29) is 0 Å². The van der Waals surface area contributed by atoms with Crippen molar-refractivity contribution < 1.29 is 10.2 Å². The van der Waals surface area contributed by atoms with E-state index in [0.29, 0.717) is 23.9 Å². The van der Waals surface area contributed by atoms with Gasteiger partial charge in [0, 0.05) is 12.1 Å². The zero-order valence-electron chi connectivity index (χ0n) is 15.0. The van der Waals surface area contributed by atoms with Crippen molar-refractivity contribution in [2.45, 2.75) is 102 Å². The Morgan fingerprint density at radius 2 is 0.818 bits per heavy atom. The summed E-state index contributed by atoms with van der Waals surface area (Å²) in [5, 5.41) is 19.4. The molecule has 6 N–H and O–H groups in total. The average Bonchev–Trinajstić information content (AvgIpc) is 2.38. The zero-order valence-corrected chi connectivity index (χ0v) is 15.0. The van der Waals surface area contributed by atoms with E-state index in [1.165, 1.54) is 0 Å². The molecular formula is C18H38N2O2. The molecule has 0 aliphatic heterocycles. The highest BCUT2D eigenvalue weighted by Gasteiger charge is 2.30. The molecule has 2 saturated carbocycles. The molecule has 0 unspecified atom stereocenters. The predicted molar refractivity (Wildman–Crippen MR) is 92.5 cm³/mol. The fraction of sp³-hybridized carbons (Fsp3) is 1.00. The topological polar surface area (TPSA) is 92.5 Å². The van der Waals surface area contributed by atoms with Gasteiger partial charge in [-0.25, -0.2) is 0 Å². The fourth-order valence-electron chi connectivity index (χ4n) is 3.65. The molecule has 0 spiro atoms. The Balaban J connectivity index is 0.000000220. The van der Waals surface area contributed by atoms with Crippen LogP contribution in [0.3, 0.4) is 0 Å². The molecule has 2 fully saturated rings. The van der Waals surface area contributed by atoms with E-state index < -0.39 is 11.2 Å². The highest BCUT2D eigenvalue weighted by Crippen LogP contribution is 2.32. The second kappa shape index (κ2) is 8.09. The Kier molecular flexibility index (Phi) is 7.31. The minimum absolute atomic E-state index is 0.383. The van der Waals surface area contributed by atoms with Crippen LogP contribution in [0, 0.1) is 11.8 Å². The van der Waals surface area contributed by atoms with Crippen molar-refractivity contribution in [3.8, 4) is 0 Å². The predicted octanol–water partition coefficient (Wildman–Crippen LogP) is 2.55. The van der Waals surface area contributed by atoms with E-state index in [1.54, 1.807) is 0 Å². The van der Waals surface area contributed by atoms with E-state index >= 15 is 0 Å². The third kappa shape index (κ3) is 6.95. The van der Waals surface area contributed by atoms with Crippen molar-refractivity contribution in [2.24, 2.45) is 23.3 Å². The summed E-state index contributed by atoms with van der Waals surface area (Å²) in [4.78, 5) is 0. The van der Waals surface area contributed by atoms with Crippen molar-refractivity contribution in [1.82, 2.24) is 0 Å². The summed E-state index contributed by atoms with van der Waals surface area (Å²) in [7, 11) is 0. The van der Waals surface area contributed by atoms with Crippen LogP contribution >= 0.6 is 0 Å². The lowest BCUT2D eigenvalue weighted by molar-refractivity contribution is -0.00163. The van der Waals surface area contributed by atoms with Crippen LogP contribution in [-0.2, 0) is 0 Å². The lowest BCUT2D eigenvalue weighted by Crippen LogP contribution is -2.37. The third-order valence-electron chi connectivity index (χ3n) is 5.54. The van der Waals surface area contributed by atoms with Gasteiger partial charge in [-0.3, -0.25) is 0 Å². The number of rotatable bonds is 2. The molecule has 0 heterocycles. The molecule has 0 aromatic heterocycles. The van der Waals surface area contributed by atoms with E-state index in [4.69, 9.17) is 11.5 Å². The Morgan fingerprint density at radius 3 is 1.00 bits per heavy atom. The maximum atomic E-state index is 9.69. The van der Waals surface area contributed by atoms with E-state index in [9.17, 15) is 10.2 Å². The van der Waals surface area contributed by atoms with Crippen molar-refractivity contribution in [2.75, 3.05) is 0 Å². The van der Waals surface area contributed by atoms with Gasteiger partial charge in [0.25, 0.3) is 0 Å². The molecule has 4 nitrogen and oxygen atoms in total. The smallest absolute Gasteiger partial charge is 0.0619 e. The van der Waals surface area contributed by atoms with Crippen LogP contribution < -0.4 is 11.5 Å². The number of nitrogens with two attached hydrogens (primary N) is 2. The van der Waals surface area contributed by atoms with Crippen molar-refractivity contribution >= 4 is 0 Å². The minimum atomic E-state index is -0.500. The fourth-order valence-corrected chi connectivity index (χ4v) is 3.65. The first-order valence-corrected chi connectivity index (χ1v) is 8.96. The summed E-state index contributed by atoms with van der Waals surface area (Å²) >= 11 is 0. The highest BCUT2D eigenvalue weighted by atomic mass is 16.3. The first kappa shape index (κ1) is 19.9. The van der Waals surface area contributed by atoms with E-state index in [2.05, 4.69) is 0 Å². The minimum Gasteiger partial charge on any atom is -0.390 e.